The topological polar surface area (TPSA) is 139 Å². The first-order valence-corrected chi connectivity index (χ1v) is 7.68. The Hall–Kier alpha value is -3.34. The number of nitrogens with one attached hydrogen (secondary N) is 3. The number of amides is 2. The summed E-state index contributed by atoms with van der Waals surface area (Å²) >= 11 is 3.34. The predicted octanol–water partition coefficient (Wildman–Crippen LogP) is 3.18. The number of benzene rings is 2. The van der Waals surface area contributed by atoms with Crippen LogP contribution in [0.2, 0.25) is 0 Å². The number of nitro benzene ring substituents is 1. The molecule has 0 bridgehead atoms. The molecule has 0 aliphatic heterocycles. The van der Waals surface area contributed by atoms with Crippen LogP contribution in [0.25, 0.3) is 11.4 Å². The lowest BCUT2D eigenvalue weighted by molar-refractivity contribution is -0.383. The van der Waals surface area contributed by atoms with Gasteiger partial charge in [-0.25, -0.2) is 4.79 Å². The van der Waals surface area contributed by atoms with Crippen molar-refractivity contribution in [3.63, 3.8) is 0 Å². The lowest BCUT2D eigenvalue weighted by Gasteiger charge is -2.11. The van der Waals surface area contributed by atoms with Crippen LogP contribution in [0.4, 0.5) is 21.9 Å². The van der Waals surface area contributed by atoms with Crippen molar-refractivity contribution < 1.29 is 9.72 Å². The molecule has 0 fully saturated rings. The molecular formula is C14H10BrN7O3. The zero-order valence-corrected chi connectivity index (χ0v) is 14.0. The van der Waals surface area contributed by atoms with E-state index in [-0.39, 0.29) is 11.4 Å². The largest absolute Gasteiger partial charge is 0.323 e. The van der Waals surface area contributed by atoms with Gasteiger partial charge in [-0.15, -0.1) is 10.2 Å². The summed E-state index contributed by atoms with van der Waals surface area (Å²) in [6, 6.07) is 10.3. The smallest absolute Gasteiger partial charge is 0.307 e. The lowest BCUT2D eigenvalue weighted by Crippen LogP contribution is -2.20. The first-order chi connectivity index (χ1) is 12.0. The van der Waals surface area contributed by atoms with Gasteiger partial charge < -0.3 is 10.6 Å². The monoisotopic (exact) mass is 403 g/mol. The molecule has 1 heterocycles. The number of H-pyrrole nitrogens is 1. The summed E-state index contributed by atoms with van der Waals surface area (Å²) in [5.41, 5.74) is 0.830. The molecule has 11 heteroatoms. The Labute approximate surface area is 148 Å². The van der Waals surface area contributed by atoms with Crippen molar-refractivity contribution in [2.45, 2.75) is 0 Å². The molecule has 1 aromatic heterocycles. The summed E-state index contributed by atoms with van der Waals surface area (Å²) in [6.45, 7) is 0. The van der Waals surface area contributed by atoms with E-state index in [1.807, 2.05) is 0 Å². The maximum atomic E-state index is 12.2. The minimum atomic E-state index is -0.638. The second kappa shape index (κ2) is 7.05. The summed E-state index contributed by atoms with van der Waals surface area (Å²) in [4.78, 5) is 22.7. The highest BCUT2D eigenvalue weighted by molar-refractivity contribution is 9.10. The average Bonchev–Trinajstić information content (AvgIpc) is 3.11. The van der Waals surface area contributed by atoms with Crippen LogP contribution in [0.1, 0.15) is 0 Å². The fraction of sp³-hybridized carbons (Fsp3) is 0. The highest BCUT2D eigenvalue weighted by Crippen LogP contribution is 2.29. The number of anilines is 2. The van der Waals surface area contributed by atoms with Gasteiger partial charge in [-0.3, -0.25) is 10.1 Å². The van der Waals surface area contributed by atoms with Crippen LogP contribution >= 0.6 is 15.9 Å². The molecule has 3 N–H and O–H groups in total. The quantitative estimate of drug-likeness (QED) is 0.451. The van der Waals surface area contributed by atoms with E-state index in [9.17, 15) is 14.9 Å². The normalized spacial score (nSPS) is 10.3. The Morgan fingerprint density at radius 2 is 1.92 bits per heavy atom. The third kappa shape index (κ3) is 3.77. The molecule has 2 amide bonds. The Balaban J connectivity index is 1.84. The van der Waals surface area contributed by atoms with Gasteiger partial charge in [-0.05, 0) is 29.5 Å². The number of nitrogens with zero attached hydrogens (tertiary/aromatic N) is 4. The van der Waals surface area contributed by atoms with Crippen LogP contribution in [0.15, 0.2) is 46.9 Å². The van der Waals surface area contributed by atoms with E-state index in [0.717, 1.165) is 4.47 Å². The summed E-state index contributed by atoms with van der Waals surface area (Å²) < 4.78 is 0.761. The van der Waals surface area contributed by atoms with Crippen LogP contribution in [0, 0.1) is 10.1 Å². The van der Waals surface area contributed by atoms with Crippen molar-refractivity contribution in [3.8, 4) is 11.4 Å². The van der Waals surface area contributed by atoms with Crippen molar-refractivity contribution in [3.05, 3.63) is 57.1 Å². The fourth-order valence-electron chi connectivity index (χ4n) is 2.10. The van der Waals surface area contributed by atoms with Gasteiger partial charge in [-0.2, -0.15) is 5.21 Å². The SMILES string of the molecule is O=C(Nc1ccc(Br)cc1-c1nn[nH]n1)Nc1ccccc1[N+](=O)[O-]. The molecule has 2 aromatic carbocycles. The van der Waals surface area contributed by atoms with Gasteiger partial charge in [0, 0.05) is 16.1 Å². The number of carbonyl (C=O) groups is 1. The second-order valence-corrected chi connectivity index (χ2v) is 5.69. The molecule has 3 rings (SSSR count). The van der Waals surface area contributed by atoms with Crippen molar-refractivity contribution in [2.24, 2.45) is 0 Å². The second-order valence-electron chi connectivity index (χ2n) is 4.78. The fourth-order valence-corrected chi connectivity index (χ4v) is 2.46. The molecule has 0 unspecified atom stereocenters. The van der Waals surface area contributed by atoms with E-state index in [2.05, 4.69) is 47.2 Å². The van der Waals surface area contributed by atoms with Gasteiger partial charge >= 0.3 is 6.03 Å². The zero-order chi connectivity index (χ0) is 17.8. The van der Waals surface area contributed by atoms with Crippen LogP contribution in [-0.2, 0) is 0 Å². The van der Waals surface area contributed by atoms with Crippen LogP contribution in [0.5, 0.6) is 0 Å². The van der Waals surface area contributed by atoms with Crippen LogP contribution < -0.4 is 10.6 Å². The number of carbonyl (C=O) groups excluding carboxylic acids is 1. The molecule has 0 atom stereocenters. The number of rotatable bonds is 4. The Morgan fingerprint density at radius 1 is 1.16 bits per heavy atom. The van der Waals surface area contributed by atoms with Crippen LogP contribution in [-0.4, -0.2) is 31.6 Å². The molecule has 0 aliphatic rings. The number of para-hydroxylation sites is 2. The van der Waals surface area contributed by atoms with Crippen molar-refractivity contribution in [1.82, 2.24) is 20.6 Å². The van der Waals surface area contributed by atoms with E-state index in [0.29, 0.717) is 17.1 Å². The first kappa shape index (κ1) is 16.5. The van der Waals surface area contributed by atoms with Crippen molar-refractivity contribution in [1.29, 1.82) is 0 Å². The van der Waals surface area contributed by atoms with E-state index >= 15 is 0 Å². The number of urea groups is 1. The Bertz CT molecular complexity index is 930. The number of aromatic nitrogens is 4. The molecule has 0 saturated heterocycles. The molecule has 0 saturated carbocycles. The number of hydrogen-bond acceptors (Lipinski definition) is 6. The van der Waals surface area contributed by atoms with Gasteiger partial charge in [0.1, 0.15) is 5.69 Å². The minimum absolute atomic E-state index is 0.0863. The Morgan fingerprint density at radius 3 is 2.64 bits per heavy atom. The molecule has 0 radical (unpaired) electrons. The number of hydrogen-bond donors (Lipinski definition) is 3. The summed E-state index contributed by atoms with van der Waals surface area (Å²) in [6.07, 6.45) is 0. The minimum Gasteiger partial charge on any atom is -0.307 e. The average molecular weight is 404 g/mol. The number of halogens is 1. The molecule has 0 aliphatic carbocycles. The van der Waals surface area contributed by atoms with Crippen LogP contribution in [0.3, 0.4) is 0 Å². The summed E-state index contributed by atoms with van der Waals surface area (Å²) in [7, 11) is 0. The standard InChI is InChI=1S/C14H10BrN7O3/c15-8-5-6-10(9(7-8)13-18-20-21-19-13)16-14(23)17-11-3-1-2-4-12(11)22(24)25/h1-7H,(H2,16,17,23)(H,18,19,20,21). The van der Waals surface area contributed by atoms with Crippen molar-refractivity contribution in [2.75, 3.05) is 10.6 Å². The molecule has 126 valence electrons. The maximum Gasteiger partial charge on any atom is 0.323 e. The van der Waals surface area contributed by atoms with E-state index in [1.165, 1.54) is 18.2 Å². The number of tetrazole rings is 1. The Kier molecular flexibility index (Phi) is 4.66. The van der Waals surface area contributed by atoms with E-state index < -0.39 is 11.0 Å². The van der Waals surface area contributed by atoms with Crippen molar-refractivity contribution >= 4 is 39.0 Å². The van der Waals surface area contributed by atoms with E-state index in [1.54, 1.807) is 24.3 Å². The highest BCUT2D eigenvalue weighted by Gasteiger charge is 2.17. The maximum absolute atomic E-state index is 12.2. The molecule has 3 aromatic rings. The number of nitro groups is 1. The number of aromatic amines is 1. The third-order valence-electron chi connectivity index (χ3n) is 3.17. The molecule has 10 nitrogen and oxygen atoms in total. The summed E-state index contributed by atoms with van der Waals surface area (Å²) in [5, 5.41) is 29.7. The molecule has 0 spiro atoms. The molecular weight excluding hydrogens is 394 g/mol. The van der Waals surface area contributed by atoms with E-state index in [4.69, 9.17) is 0 Å². The molecule has 25 heavy (non-hydrogen) atoms. The third-order valence-corrected chi connectivity index (χ3v) is 3.66. The highest BCUT2D eigenvalue weighted by atomic mass is 79.9. The van der Waals surface area contributed by atoms with Gasteiger partial charge in [0.05, 0.1) is 10.6 Å². The van der Waals surface area contributed by atoms with Gasteiger partial charge in [0.25, 0.3) is 5.69 Å². The van der Waals surface area contributed by atoms with Gasteiger partial charge in [0.2, 0.25) is 5.82 Å². The summed E-state index contributed by atoms with van der Waals surface area (Å²) in [5.74, 6) is 0.294. The van der Waals surface area contributed by atoms with Gasteiger partial charge in [-0.1, -0.05) is 28.1 Å². The first-order valence-electron chi connectivity index (χ1n) is 6.89. The predicted molar refractivity (Wildman–Crippen MR) is 93.1 cm³/mol. The lowest BCUT2D eigenvalue weighted by atomic mass is 10.1. The van der Waals surface area contributed by atoms with Gasteiger partial charge in [0.15, 0.2) is 0 Å². The zero-order valence-electron chi connectivity index (χ0n) is 12.4.